The highest BCUT2D eigenvalue weighted by Crippen LogP contribution is 2.39. The van der Waals surface area contributed by atoms with Crippen molar-refractivity contribution in [3.63, 3.8) is 0 Å². The molecule has 1 aliphatic rings. The number of amides is 2. The summed E-state index contributed by atoms with van der Waals surface area (Å²) in [6.45, 7) is 4.95. The summed E-state index contributed by atoms with van der Waals surface area (Å²) in [6.07, 6.45) is -9.53. The van der Waals surface area contributed by atoms with Gasteiger partial charge in [-0.1, -0.05) is 6.07 Å². The first-order chi connectivity index (χ1) is 20.9. The number of carbonyl (C=O) groups is 2. The lowest BCUT2D eigenvalue weighted by Crippen LogP contribution is -2.40. The second-order valence-electron chi connectivity index (χ2n) is 12.0. The summed E-state index contributed by atoms with van der Waals surface area (Å²) < 4.78 is 93.0. The van der Waals surface area contributed by atoms with Crippen molar-refractivity contribution in [3.05, 3.63) is 47.0 Å². The number of hydrogen-bond donors (Lipinski definition) is 3. The Morgan fingerprint density at radius 3 is 2.24 bits per heavy atom. The van der Waals surface area contributed by atoms with Gasteiger partial charge in [-0.25, -0.2) is 9.78 Å². The van der Waals surface area contributed by atoms with Gasteiger partial charge in [-0.15, -0.1) is 0 Å². The van der Waals surface area contributed by atoms with Crippen LogP contribution in [0.5, 0.6) is 5.75 Å². The molecule has 3 N–H and O–H groups in total. The molecule has 1 fully saturated rings. The number of ether oxygens (including phenoxy) is 2. The molecule has 2 aromatic carbocycles. The average Bonchev–Trinajstić information content (AvgIpc) is 3.23. The number of anilines is 2. The Hall–Kier alpha value is -4.17. The fraction of sp³-hybridized carbons (Fsp3) is 0.500. The first-order valence-electron chi connectivity index (χ1n) is 14.2. The summed E-state index contributed by atoms with van der Waals surface area (Å²) >= 11 is 0. The zero-order chi connectivity index (χ0) is 33.3. The van der Waals surface area contributed by atoms with Gasteiger partial charge in [0.25, 0.3) is 5.91 Å². The number of imidazole rings is 1. The molecule has 15 heteroatoms. The normalized spacial score (nSPS) is 17.6. The van der Waals surface area contributed by atoms with Gasteiger partial charge in [0.15, 0.2) is 0 Å². The molecule has 0 unspecified atom stereocenters. The Balaban J connectivity index is 1.58. The summed E-state index contributed by atoms with van der Waals surface area (Å²) in [5.41, 5.74) is -0.886. The predicted octanol–water partition coefficient (Wildman–Crippen LogP) is 7.22. The van der Waals surface area contributed by atoms with Crippen molar-refractivity contribution in [2.75, 3.05) is 12.4 Å². The summed E-state index contributed by atoms with van der Waals surface area (Å²) in [5.74, 6) is -1.77. The van der Waals surface area contributed by atoms with Gasteiger partial charge >= 0.3 is 18.4 Å². The van der Waals surface area contributed by atoms with Gasteiger partial charge in [-0.3, -0.25) is 4.79 Å². The molecular formula is C30H35F6N5O4. The number of halogens is 6. The van der Waals surface area contributed by atoms with Crippen LogP contribution in [0.25, 0.3) is 11.0 Å². The van der Waals surface area contributed by atoms with E-state index in [4.69, 9.17) is 9.47 Å². The number of aryl methyl sites for hydroxylation is 1. The zero-order valence-electron chi connectivity index (χ0n) is 25.4. The van der Waals surface area contributed by atoms with Gasteiger partial charge in [-0.05, 0) is 70.2 Å². The standard InChI is InChI=1S/C30H35F6N5O4/c1-28(2,3)45-27(43)37-15-16-6-11-20(30(34,35)36)21(12-16)39-26-40-22-13-19(24(44-5)14-23(22)41(26)4)25(42)38-18-9-7-17(8-10-18)29(31,32)33/h6,11-14,17-18H,7-10,15H2,1-5H3,(H,37,43)(H,38,42)(H,39,40). The Labute approximate surface area is 255 Å². The number of benzene rings is 2. The molecule has 0 atom stereocenters. The number of rotatable bonds is 7. The quantitative estimate of drug-likeness (QED) is 0.235. The maximum Gasteiger partial charge on any atom is 0.418 e. The van der Waals surface area contributed by atoms with Crippen LogP contribution in [0.15, 0.2) is 30.3 Å². The van der Waals surface area contributed by atoms with E-state index in [0.717, 1.165) is 6.07 Å². The number of carbonyl (C=O) groups excluding carboxylic acids is 2. The van der Waals surface area contributed by atoms with E-state index in [2.05, 4.69) is 20.9 Å². The van der Waals surface area contributed by atoms with Gasteiger partial charge in [0.1, 0.15) is 11.4 Å². The number of aromatic nitrogens is 2. The van der Waals surface area contributed by atoms with Crippen molar-refractivity contribution in [2.24, 2.45) is 13.0 Å². The fourth-order valence-electron chi connectivity index (χ4n) is 5.17. The number of alkyl halides is 6. The van der Waals surface area contributed by atoms with E-state index < -0.39 is 47.5 Å². The predicted molar refractivity (Wildman–Crippen MR) is 154 cm³/mol. The third-order valence-electron chi connectivity index (χ3n) is 7.44. The van der Waals surface area contributed by atoms with E-state index in [1.165, 1.54) is 35.9 Å². The number of alkyl carbamates (subject to hydrolysis) is 1. The largest absolute Gasteiger partial charge is 0.496 e. The molecule has 0 radical (unpaired) electrons. The molecular weight excluding hydrogens is 608 g/mol. The van der Waals surface area contributed by atoms with Crippen LogP contribution in [-0.4, -0.2) is 46.5 Å². The third-order valence-corrected chi connectivity index (χ3v) is 7.44. The van der Waals surface area contributed by atoms with Crippen LogP contribution in [0.1, 0.15) is 67.9 Å². The molecule has 0 spiro atoms. The van der Waals surface area contributed by atoms with Crippen LogP contribution in [-0.2, 0) is 24.5 Å². The maximum atomic E-state index is 13.9. The molecule has 1 heterocycles. The first-order valence-corrected chi connectivity index (χ1v) is 14.2. The van der Waals surface area contributed by atoms with E-state index in [9.17, 15) is 35.9 Å². The van der Waals surface area contributed by atoms with Crippen molar-refractivity contribution < 1.29 is 45.4 Å². The summed E-state index contributed by atoms with van der Waals surface area (Å²) in [7, 11) is 2.91. The lowest BCUT2D eigenvalue weighted by atomic mass is 9.85. The van der Waals surface area contributed by atoms with Gasteiger partial charge in [0, 0.05) is 25.7 Å². The van der Waals surface area contributed by atoms with E-state index in [-0.39, 0.29) is 60.7 Å². The number of nitrogens with one attached hydrogen (secondary N) is 3. The van der Waals surface area contributed by atoms with E-state index >= 15 is 0 Å². The molecule has 0 aliphatic heterocycles. The number of nitrogens with zero attached hydrogens (tertiary/aromatic N) is 2. The van der Waals surface area contributed by atoms with Gasteiger partial charge in [0.05, 0.1) is 40.9 Å². The van der Waals surface area contributed by atoms with Crippen LogP contribution in [0, 0.1) is 5.92 Å². The van der Waals surface area contributed by atoms with E-state index in [0.29, 0.717) is 11.1 Å². The summed E-state index contributed by atoms with van der Waals surface area (Å²) in [4.78, 5) is 29.6. The Morgan fingerprint density at radius 2 is 1.67 bits per heavy atom. The SMILES string of the molecule is COc1cc2c(cc1C(=O)NC1CCC(C(F)(F)F)CC1)nc(Nc1cc(CNC(=O)OC(C)(C)C)ccc1C(F)(F)F)n2C. The Morgan fingerprint density at radius 1 is 1.00 bits per heavy atom. The minimum atomic E-state index is -4.71. The van der Waals surface area contributed by atoms with Crippen molar-refractivity contribution >= 4 is 34.7 Å². The minimum Gasteiger partial charge on any atom is -0.496 e. The van der Waals surface area contributed by atoms with Crippen molar-refractivity contribution in [2.45, 2.75) is 77.0 Å². The van der Waals surface area contributed by atoms with Crippen molar-refractivity contribution in [1.29, 1.82) is 0 Å². The topological polar surface area (TPSA) is 107 Å². The van der Waals surface area contributed by atoms with E-state index in [1.807, 2.05) is 0 Å². The summed E-state index contributed by atoms with van der Waals surface area (Å²) in [5, 5.41) is 8.01. The first kappa shape index (κ1) is 33.7. The molecule has 1 aliphatic carbocycles. The Kier molecular flexibility index (Phi) is 9.50. The van der Waals surface area contributed by atoms with Crippen LogP contribution in [0.2, 0.25) is 0 Å². The van der Waals surface area contributed by atoms with Gasteiger partial charge < -0.3 is 30.0 Å². The minimum absolute atomic E-state index is 0.0258. The summed E-state index contributed by atoms with van der Waals surface area (Å²) in [6, 6.07) is 5.86. The van der Waals surface area contributed by atoms with Gasteiger partial charge in [-0.2, -0.15) is 26.3 Å². The number of methoxy groups -OCH3 is 1. The van der Waals surface area contributed by atoms with Gasteiger partial charge in [0.2, 0.25) is 5.95 Å². The second kappa shape index (κ2) is 12.7. The second-order valence-corrected chi connectivity index (χ2v) is 12.0. The van der Waals surface area contributed by atoms with Crippen LogP contribution < -0.4 is 20.7 Å². The molecule has 45 heavy (non-hydrogen) atoms. The monoisotopic (exact) mass is 643 g/mol. The van der Waals surface area contributed by atoms with E-state index in [1.54, 1.807) is 27.8 Å². The smallest absolute Gasteiger partial charge is 0.418 e. The highest BCUT2D eigenvalue weighted by atomic mass is 19.4. The molecule has 3 aromatic rings. The molecule has 4 rings (SSSR count). The molecule has 1 saturated carbocycles. The zero-order valence-corrected chi connectivity index (χ0v) is 25.4. The Bertz CT molecular complexity index is 1550. The highest BCUT2D eigenvalue weighted by Gasteiger charge is 2.41. The lowest BCUT2D eigenvalue weighted by molar-refractivity contribution is -0.182. The molecule has 246 valence electrons. The lowest BCUT2D eigenvalue weighted by Gasteiger charge is -2.30. The molecule has 0 bridgehead atoms. The highest BCUT2D eigenvalue weighted by molar-refractivity contribution is 6.01. The van der Waals surface area contributed by atoms with Crippen molar-refractivity contribution in [1.82, 2.24) is 20.2 Å². The van der Waals surface area contributed by atoms with Crippen LogP contribution in [0.3, 0.4) is 0 Å². The van der Waals surface area contributed by atoms with Crippen LogP contribution >= 0.6 is 0 Å². The van der Waals surface area contributed by atoms with Crippen molar-refractivity contribution in [3.8, 4) is 5.75 Å². The van der Waals surface area contributed by atoms with Crippen LogP contribution in [0.4, 0.5) is 42.8 Å². The molecule has 9 nitrogen and oxygen atoms in total. The molecule has 0 saturated heterocycles. The number of fused-ring (bicyclic) bond motifs is 1. The third kappa shape index (κ3) is 8.31. The average molecular weight is 644 g/mol. The molecule has 1 aromatic heterocycles. The number of hydrogen-bond acceptors (Lipinski definition) is 6. The molecule has 2 amide bonds. The fourth-order valence-corrected chi connectivity index (χ4v) is 5.17. The maximum absolute atomic E-state index is 13.9.